The smallest absolute Gasteiger partial charge is 0.253 e. The van der Waals surface area contributed by atoms with Gasteiger partial charge in [-0.1, -0.05) is 18.2 Å². The number of halogens is 1. The number of hydrogen-bond acceptors (Lipinski definition) is 4. The standard InChI is InChI=1S/C23H34N6O.HI/c1-6-29(7-2)21-12-11-19(16-26-21)17-27-23(24-3)25-14-13-18-9-8-10-20(15-18)22(30)28(4)5;/h8-12,15-16H,6-7,13-14,17H2,1-5H3,(H2,24,25,27);1H. The van der Waals surface area contributed by atoms with Crippen LogP contribution in [0.1, 0.15) is 35.3 Å². The van der Waals surface area contributed by atoms with Crippen LogP contribution in [0.2, 0.25) is 0 Å². The number of nitrogens with one attached hydrogen (secondary N) is 2. The second-order valence-electron chi connectivity index (χ2n) is 7.20. The highest BCUT2D eigenvalue weighted by molar-refractivity contribution is 14.0. The molecule has 7 nitrogen and oxygen atoms in total. The lowest BCUT2D eigenvalue weighted by Gasteiger charge is -2.19. The number of aromatic nitrogens is 1. The van der Waals surface area contributed by atoms with Crippen molar-refractivity contribution in [2.24, 2.45) is 4.99 Å². The molecule has 0 radical (unpaired) electrons. The number of pyridine rings is 1. The molecule has 0 unspecified atom stereocenters. The van der Waals surface area contributed by atoms with Crippen LogP contribution in [-0.2, 0) is 13.0 Å². The zero-order chi connectivity index (χ0) is 21.9. The van der Waals surface area contributed by atoms with Crippen molar-refractivity contribution >= 4 is 41.7 Å². The quantitative estimate of drug-likeness (QED) is 0.292. The average Bonchev–Trinajstić information content (AvgIpc) is 2.77. The second-order valence-corrected chi connectivity index (χ2v) is 7.20. The molecule has 0 fully saturated rings. The fraction of sp³-hybridized carbons (Fsp3) is 0.435. The van der Waals surface area contributed by atoms with Crippen LogP contribution in [-0.4, -0.2) is 62.5 Å². The van der Waals surface area contributed by atoms with Crippen LogP contribution in [0.5, 0.6) is 0 Å². The van der Waals surface area contributed by atoms with Crippen molar-refractivity contribution in [2.75, 3.05) is 45.7 Å². The molecule has 2 rings (SSSR count). The third-order valence-electron chi connectivity index (χ3n) is 4.87. The minimum Gasteiger partial charge on any atom is -0.357 e. The Bertz CT molecular complexity index is 834. The van der Waals surface area contributed by atoms with E-state index in [4.69, 9.17) is 0 Å². The minimum absolute atomic E-state index is 0. The summed E-state index contributed by atoms with van der Waals surface area (Å²) in [6.07, 6.45) is 2.70. The maximum absolute atomic E-state index is 12.1. The molecule has 1 amide bonds. The summed E-state index contributed by atoms with van der Waals surface area (Å²) < 4.78 is 0. The number of rotatable bonds is 9. The number of amides is 1. The molecule has 0 spiro atoms. The first-order valence-corrected chi connectivity index (χ1v) is 10.4. The maximum atomic E-state index is 12.1. The normalized spacial score (nSPS) is 10.8. The summed E-state index contributed by atoms with van der Waals surface area (Å²) >= 11 is 0. The fourth-order valence-electron chi connectivity index (χ4n) is 3.11. The van der Waals surface area contributed by atoms with E-state index in [9.17, 15) is 4.79 Å². The molecule has 0 aliphatic heterocycles. The average molecular weight is 538 g/mol. The molecule has 2 N–H and O–H groups in total. The molecule has 1 heterocycles. The lowest BCUT2D eigenvalue weighted by Crippen LogP contribution is -2.37. The third-order valence-corrected chi connectivity index (χ3v) is 4.87. The van der Waals surface area contributed by atoms with Crippen LogP contribution in [0.25, 0.3) is 0 Å². The fourth-order valence-corrected chi connectivity index (χ4v) is 3.11. The van der Waals surface area contributed by atoms with Gasteiger partial charge in [-0.05, 0) is 49.6 Å². The number of guanidine groups is 1. The van der Waals surface area contributed by atoms with Gasteiger partial charge in [0.15, 0.2) is 5.96 Å². The van der Waals surface area contributed by atoms with E-state index in [0.29, 0.717) is 12.1 Å². The van der Waals surface area contributed by atoms with Crippen LogP contribution < -0.4 is 15.5 Å². The van der Waals surface area contributed by atoms with E-state index in [1.54, 1.807) is 26.0 Å². The third kappa shape index (κ3) is 8.35. The SMILES string of the molecule is CCN(CC)c1ccc(CNC(=NC)NCCc2cccc(C(=O)N(C)C)c2)cn1.I. The number of nitrogens with zero attached hydrogens (tertiary/aromatic N) is 4. The molecular formula is C23H35IN6O. The molecule has 8 heteroatoms. The Morgan fingerprint density at radius 2 is 1.81 bits per heavy atom. The molecule has 0 aliphatic rings. The van der Waals surface area contributed by atoms with Gasteiger partial charge in [0.2, 0.25) is 0 Å². The van der Waals surface area contributed by atoms with Crippen molar-refractivity contribution in [1.82, 2.24) is 20.5 Å². The Hall–Kier alpha value is -2.36. The van der Waals surface area contributed by atoms with Gasteiger partial charge in [0, 0.05) is 59.1 Å². The molecule has 2 aromatic rings. The van der Waals surface area contributed by atoms with Gasteiger partial charge in [0.25, 0.3) is 5.91 Å². The van der Waals surface area contributed by atoms with Crippen LogP contribution in [0.15, 0.2) is 47.6 Å². The number of carbonyl (C=O) groups excluding carboxylic acids is 1. The number of benzene rings is 1. The summed E-state index contributed by atoms with van der Waals surface area (Å²) in [6.45, 7) is 7.53. The highest BCUT2D eigenvalue weighted by Crippen LogP contribution is 2.11. The Morgan fingerprint density at radius 3 is 2.39 bits per heavy atom. The second kappa shape index (κ2) is 13.8. The van der Waals surface area contributed by atoms with Crippen molar-refractivity contribution in [3.63, 3.8) is 0 Å². The van der Waals surface area contributed by atoms with E-state index in [2.05, 4.69) is 51.5 Å². The van der Waals surface area contributed by atoms with Crippen molar-refractivity contribution < 1.29 is 4.79 Å². The summed E-state index contributed by atoms with van der Waals surface area (Å²) in [4.78, 5) is 24.8. The van der Waals surface area contributed by atoms with Crippen molar-refractivity contribution in [3.05, 3.63) is 59.3 Å². The van der Waals surface area contributed by atoms with Gasteiger partial charge < -0.3 is 20.4 Å². The first-order chi connectivity index (χ1) is 14.5. The maximum Gasteiger partial charge on any atom is 0.253 e. The largest absolute Gasteiger partial charge is 0.357 e. The Kier molecular flexibility index (Phi) is 11.9. The molecule has 1 aromatic carbocycles. The van der Waals surface area contributed by atoms with Gasteiger partial charge in [-0.25, -0.2) is 4.98 Å². The summed E-state index contributed by atoms with van der Waals surface area (Å²) in [5, 5.41) is 6.64. The molecule has 170 valence electrons. The molecule has 0 atom stereocenters. The topological polar surface area (TPSA) is 72.9 Å². The van der Waals surface area contributed by atoms with Gasteiger partial charge in [-0.3, -0.25) is 9.79 Å². The molecule has 0 saturated heterocycles. The summed E-state index contributed by atoms with van der Waals surface area (Å²) in [5.74, 6) is 1.76. The lowest BCUT2D eigenvalue weighted by molar-refractivity contribution is 0.0827. The Balaban J connectivity index is 0.00000480. The molecule has 0 saturated carbocycles. The van der Waals surface area contributed by atoms with E-state index in [0.717, 1.165) is 49.0 Å². The summed E-state index contributed by atoms with van der Waals surface area (Å²) in [7, 11) is 5.28. The summed E-state index contributed by atoms with van der Waals surface area (Å²) in [5.41, 5.74) is 2.92. The zero-order valence-electron chi connectivity index (χ0n) is 19.2. The van der Waals surface area contributed by atoms with Crippen molar-refractivity contribution in [2.45, 2.75) is 26.8 Å². The van der Waals surface area contributed by atoms with E-state index in [-0.39, 0.29) is 29.9 Å². The predicted octanol–water partition coefficient (Wildman–Crippen LogP) is 3.16. The molecule has 0 aliphatic carbocycles. The lowest BCUT2D eigenvalue weighted by atomic mass is 10.1. The van der Waals surface area contributed by atoms with E-state index in [1.807, 2.05) is 30.5 Å². The molecule has 31 heavy (non-hydrogen) atoms. The molecular weight excluding hydrogens is 503 g/mol. The van der Waals surface area contributed by atoms with E-state index in [1.165, 1.54) is 0 Å². The highest BCUT2D eigenvalue weighted by Gasteiger charge is 2.08. The zero-order valence-corrected chi connectivity index (χ0v) is 21.5. The summed E-state index contributed by atoms with van der Waals surface area (Å²) in [6, 6.07) is 11.9. The predicted molar refractivity (Wildman–Crippen MR) is 140 cm³/mol. The number of hydrogen-bond donors (Lipinski definition) is 2. The number of aliphatic imine (C=N–C) groups is 1. The van der Waals surface area contributed by atoms with Crippen molar-refractivity contribution in [3.8, 4) is 0 Å². The number of anilines is 1. The minimum atomic E-state index is 0. The van der Waals surface area contributed by atoms with Crippen molar-refractivity contribution in [1.29, 1.82) is 0 Å². The van der Waals surface area contributed by atoms with E-state index < -0.39 is 0 Å². The van der Waals surface area contributed by atoms with Gasteiger partial charge in [0.05, 0.1) is 0 Å². The highest BCUT2D eigenvalue weighted by atomic mass is 127. The van der Waals surface area contributed by atoms with Crippen LogP contribution >= 0.6 is 24.0 Å². The van der Waals surface area contributed by atoms with Gasteiger partial charge in [0.1, 0.15) is 5.82 Å². The molecule has 1 aromatic heterocycles. The number of carbonyl (C=O) groups is 1. The Labute approximate surface area is 203 Å². The first kappa shape index (κ1) is 26.7. The monoisotopic (exact) mass is 538 g/mol. The van der Waals surface area contributed by atoms with Gasteiger partial charge in [-0.15, -0.1) is 24.0 Å². The van der Waals surface area contributed by atoms with Crippen LogP contribution in [0.3, 0.4) is 0 Å². The van der Waals surface area contributed by atoms with Gasteiger partial charge >= 0.3 is 0 Å². The first-order valence-electron chi connectivity index (χ1n) is 10.4. The Morgan fingerprint density at radius 1 is 1.06 bits per heavy atom. The van der Waals surface area contributed by atoms with E-state index >= 15 is 0 Å². The van der Waals surface area contributed by atoms with Crippen LogP contribution in [0.4, 0.5) is 5.82 Å². The van der Waals surface area contributed by atoms with Gasteiger partial charge in [-0.2, -0.15) is 0 Å². The molecule has 0 bridgehead atoms. The van der Waals surface area contributed by atoms with Crippen LogP contribution in [0, 0.1) is 0 Å².